The molecule has 0 aliphatic carbocycles. The number of amides is 1. The van der Waals surface area contributed by atoms with Gasteiger partial charge in [0.2, 0.25) is 0 Å². The average molecular weight is 369 g/mol. The van der Waals surface area contributed by atoms with Crippen LogP contribution in [0.2, 0.25) is 0 Å². The molecule has 1 N–H and O–H groups in total. The molecule has 26 heavy (non-hydrogen) atoms. The lowest BCUT2D eigenvalue weighted by Gasteiger charge is -2.19. The number of rotatable bonds is 6. The third kappa shape index (κ3) is 6.03. The summed E-state index contributed by atoms with van der Waals surface area (Å²) >= 11 is 1.61. The van der Waals surface area contributed by atoms with E-state index < -0.39 is 0 Å². The molecule has 1 amide bonds. The van der Waals surface area contributed by atoms with Gasteiger partial charge < -0.3 is 0 Å². The first kappa shape index (κ1) is 20.2. The standard InChI is InChI=1S/C22H28N2OS/c1-16(19-11-13-20(14-12-19)22(3,4)5)23-24-21(25)17(2)26-15-18-9-7-6-8-10-18/h6-14,17H,15H2,1-5H3,(H,24,25)/b23-16+. The lowest BCUT2D eigenvalue weighted by Crippen LogP contribution is -2.27. The number of hydrogen-bond donors (Lipinski definition) is 1. The Bertz CT molecular complexity index is 746. The van der Waals surface area contributed by atoms with Crippen LogP contribution < -0.4 is 5.43 Å². The molecule has 1 atom stereocenters. The summed E-state index contributed by atoms with van der Waals surface area (Å²) in [5, 5.41) is 4.11. The smallest absolute Gasteiger partial charge is 0.252 e. The average Bonchev–Trinajstić information content (AvgIpc) is 2.64. The van der Waals surface area contributed by atoms with E-state index in [2.05, 4.69) is 67.7 Å². The minimum absolute atomic E-state index is 0.0726. The quantitative estimate of drug-likeness (QED) is 0.566. The Kier molecular flexibility index (Phi) is 7.04. The maximum atomic E-state index is 12.2. The highest BCUT2D eigenvalue weighted by Gasteiger charge is 2.14. The van der Waals surface area contributed by atoms with Crippen molar-refractivity contribution in [2.24, 2.45) is 5.10 Å². The van der Waals surface area contributed by atoms with Gasteiger partial charge in [0.15, 0.2) is 0 Å². The fourth-order valence-electron chi connectivity index (χ4n) is 2.38. The summed E-state index contributed by atoms with van der Waals surface area (Å²) in [6.07, 6.45) is 0. The zero-order chi connectivity index (χ0) is 19.2. The number of hydrogen-bond acceptors (Lipinski definition) is 3. The minimum Gasteiger partial charge on any atom is -0.272 e. The van der Waals surface area contributed by atoms with E-state index >= 15 is 0 Å². The molecule has 3 nitrogen and oxygen atoms in total. The van der Waals surface area contributed by atoms with Gasteiger partial charge in [-0.15, -0.1) is 11.8 Å². The Balaban J connectivity index is 1.89. The van der Waals surface area contributed by atoms with Gasteiger partial charge in [0.1, 0.15) is 0 Å². The second-order valence-corrected chi connectivity index (χ2v) is 8.77. The second-order valence-electron chi connectivity index (χ2n) is 7.44. The van der Waals surface area contributed by atoms with Crippen LogP contribution in [-0.2, 0) is 16.0 Å². The zero-order valence-corrected chi connectivity index (χ0v) is 17.1. The van der Waals surface area contributed by atoms with E-state index in [1.807, 2.05) is 32.0 Å². The number of carbonyl (C=O) groups excluding carboxylic acids is 1. The Hall–Kier alpha value is -2.07. The predicted octanol–water partition coefficient (Wildman–Crippen LogP) is 5.15. The van der Waals surface area contributed by atoms with Crippen molar-refractivity contribution in [1.29, 1.82) is 0 Å². The number of thioether (sulfide) groups is 1. The SMILES string of the molecule is C/C(=N\NC(=O)C(C)SCc1ccccc1)c1ccc(C(C)(C)C)cc1. The molecule has 0 saturated carbocycles. The molecule has 0 radical (unpaired) electrons. The molecule has 138 valence electrons. The van der Waals surface area contributed by atoms with E-state index in [0.717, 1.165) is 17.0 Å². The van der Waals surface area contributed by atoms with Crippen molar-refractivity contribution in [2.75, 3.05) is 0 Å². The summed E-state index contributed by atoms with van der Waals surface area (Å²) in [4.78, 5) is 12.2. The Morgan fingerprint density at radius 1 is 1.08 bits per heavy atom. The molecule has 0 saturated heterocycles. The van der Waals surface area contributed by atoms with Crippen LogP contribution in [0.15, 0.2) is 59.7 Å². The minimum atomic E-state index is -0.157. The molecule has 2 aromatic carbocycles. The molecule has 0 heterocycles. The molecule has 0 aromatic heterocycles. The number of nitrogens with zero attached hydrogens (tertiary/aromatic N) is 1. The largest absolute Gasteiger partial charge is 0.272 e. The number of carbonyl (C=O) groups is 1. The lowest BCUT2D eigenvalue weighted by atomic mass is 9.86. The third-order valence-electron chi connectivity index (χ3n) is 4.21. The van der Waals surface area contributed by atoms with Crippen LogP contribution in [0, 0.1) is 0 Å². The van der Waals surface area contributed by atoms with Crippen molar-refractivity contribution in [1.82, 2.24) is 5.43 Å². The number of nitrogens with one attached hydrogen (secondary N) is 1. The van der Waals surface area contributed by atoms with Gasteiger partial charge in [0.25, 0.3) is 5.91 Å². The molecule has 0 fully saturated rings. The molecule has 0 aliphatic heterocycles. The normalized spacial score (nSPS) is 13.3. The van der Waals surface area contributed by atoms with Crippen LogP contribution in [0.25, 0.3) is 0 Å². The van der Waals surface area contributed by atoms with Crippen LogP contribution in [0.5, 0.6) is 0 Å². The van der Waals surface area contributed by atoms with Crippen molar-refractivity contribution in [2.45, 2.75) is 51.0 Å². The zero-order valence-electron chi connectivity index (χ0n) is 16.2. The van der Waals surface area contributed by atoms with Crippen molar-refractivity contribution >= 4 is 23.4 Å². The monoisotopic (exact) mass is 368 g/mol. The Morgan fingerprint density at radius 2 is 1.69 bits per heavy atom. The fourth-order valence-corrected chi connectivity index (χ4v) is 3.22. The van der Waals surface area contributed by atoms with Crippen LogP contribution in [-0.4, -0.2) is 16.9 Å². The van der Waals surface area contributed by atoms with Crippen LogP contribution in [0.1, 0.15) is 51.3 Å². The highest BCUT2D eigenvalue weighted by molar-refractivity contribution is 7.99. The Morgan fingerprint density at radius 3 is 2.27 bits per heavy atom. The highest BCUT2D eigenvalue weighted by atomic mass is 32.2. The second kappa shape index (κ2) is 9.04. The molecule has 0 spiro atoms. The number of hydrazone groups is 1. The van der Waals surface area contributed by atoms with Crippen molar-refractivity contribution < 1.29 is 4.79 Å². The van der Waals surface area contributed by atoms with Gasteiger partial charge in [-0.05, 0) is 36.0 Å². The summed E-state index contributed by atoms with van der Waals surface area (Å²) in [5.41, 5.74) is 7.14. The molecular weight excluding hydrogens is 340 g/mol. The summed E-state index contributed by atoms with van der Waals surface area (Å²) < 4.78 is 0. The molecule has 2 rings (SSSR count). The molecule has 1 unspecified atom stereocenters. The van der Waals surface area contributed by atoms with Gasteiger partial charge in [0, 0.05) is 5.75 Å². The summed E-state index contributed by atoms with van der Waals surface area (Å²) in [7, 11) is 0. The Labute approximate surface area is 161 Å². The van der Waals surface area contributed by atoms with Gasteiger partial charge in [-0.2, -0.15) is 5.10 Å². The van der Waals surface area contributed by atoms with Crippen LogP contribution in [0.4, 0.5) is 0 Å². The van der Waals surface area contributed by atoms with Crippen LogP contribution >= 0.6 is 11.8 Å². The van der Waals surface area contributed by atoms with Crippen LogP contribution in [0.3, 0.4) is 0 Å². The van der Waals surface area contributed by atoms with E-state index in [1.54, 1.807) is 11.8 Å². The van der Waals surface area contributed by atoms with E-state index in [-0.39, 0.29) is 16.6 Å². The first-order chi connectivity index (χ1) is 12.3. The maximum Gasteiger partial charge on any atom is 0.252 e. The van der Waals surface area contributed by atoms with E-state index in [0.29, 0.717) is 0 Å². The van der Waals surface area contributed by atoms with Gasteiger partial charge in [-0.1, -0.05) is 75.4 Å². The van der Waals surface area contributed by atoms with Crippen molar-refractivity contribution in [3.63, 3.8) is 0 Å². The molecule has 2 aromatic rings. The first-order valence-electron chi connectivity index (χ1n) is 8.88. The third-order valence-corrected chi connectivity index (χ3v) is 5.43. The van der Waals surface area contributed by atoms with E-state index in [9.17, 15) is 4.79 Å². The molecular formula is C22H28N2OS. The van der Waals surface area contributed by atoms with E-state index in [4.69, 9.17) is 0 Å². The van der Waals surface area contributed by atoms with Crippen molar-refractivity contribution in [3.8, 4) is 0 Å². The van der Waals surface area contributed by atoms with Gasteiger partial charge in [-0.25, -0.2) is 5.43 Å². The maximum absolute atomic E-state index is 12.2. The van der Waals surface area contributed by atoms with Gasteiger partial charge in [0.05, 0.1) is 11.0 Å². The summed E-state index contributed by atoms with van der Waals surface area (Å²) in [6.45, 7) is 10.4. The molecule has 4 heteroatoms. The number of benzene rings is 2. The first-order valence-corrected chi connectivity index (χ1v) is 9.93. The summed E-state index contributed by atoms with van der Waals surface area (Å²) in [5.74, 6) is 0.739. The highest BCUT2D eigenvalue weighted by Crippen LogP contribution is 2.22. The van der Waals surface area contributed by atoms with Gasteiger partial charge in [-0.3, -0.25) is 4.79 Å². The summed E-state index contributed by atoms with van der Waals surface area (Å²) in [6, 6.07) is 18.5. The predicted molar refractivity (Wildman–Crippen MR) is 113 cm³/mol. The topological polar surface area (TPSA) is 41.5 Å². The van der Waals surface area contributed by atoms with Crippen molar-refractivity contribution in [3.05, 3.63) is 71.3 Å². The fraction of sp³-hybridized carbons (Fsp3) is 0.364. The molecule has 0 aliphatic rings. The lowest BCUT2D eigenvalue weighted by molar-refractivity contribution is -0.120. The van der Waals surface area contributed by atoms with Gasteiger partial charge >= 0.3 is 0 Å². The van der Waals surface area contributed by atoms with E-state index in [1.165, 1.54) is 11.1 Å². The molecule has 0 bridgehead atoms.